The largest absolute Gasteiger partial charge is 0.493 e. The molecule has 1 heterocycles. The van der Waals surface area contributed by atoms with E-state index in [1.165, 1.54) is 38.5 Å². The monoisotopic (exact) mass is 397 g/mol. The van der Waals surface area contributed by atoms with E-state index < -0.39 is 5.97 Å². The average molecular weight is 398 g/mol. The van der Waals surface area contributed by atoms with Crippen molar-refractivity contribution in [2.75, 3.05) is 6.61 Å². The SMILES string of the molecule is CCCCCCCc1cnc(C(=O)O)c(-c2ccccc2)c1OCCCCCC. The van der Waals surface area contributed by atoms with Crippen LogP contribution in [0.2, 0.25) is 0 Å². The van der Waals surface area contributed by atoms with Gasteiger partial charge in [-0.05, 0) is 24.8 Å². The molecule has 0 spiro atoms. The Morgan fingerprint density at radius 3 is 2.24 bits per heavy atom. The smallest absolute Gasteiger partial charge is 0.355 e. The topological polar surface area (TPSA) is 59.4 Å². The minimum atomic E-state index is -1.02. The number of hydrogen-bond donors (Lipinski definition) is 1. The number of carboxylic acids is 1. The lowest BCUT2D eigenvalue weighted by molar-refractivity contribution is 0.0691. The molecule has 0 unspecified atom stereocenters. The number of unbranched alkanes of at least 4 members (excludes halogenated alkanes) is 7. The highest BCUT2D eigenvalue weighted by molar-refractivity contribution is 5.96. The standard InChI is InChI=1S/C25H35NO3/c1-3-5-7-9-11-17-21-19-26-23(25(27)28)22(20-15-12-10-13-16-20)24(21)29-18-14-8-6-4-2/h10,12-13,15-16,19H,3-9,11,14,17-18H2,1-2H3,(H,27,28). The third-order valence-electron chi connectivity index (χ3n) is 5.16. The molecule has 0 bridgehead atoms. The van der Waals surface area contributed by atoms with Crippen LogP contribution in [0.5, 0.6) is 5.75 Å². The van der Waals surface area contributed by atoms with E-state index in [9.17, 15) is 9.90 Å². The predicted molar refractivity (Wildman–Crippen MR) is 119 cm³/mol. The van der Waals surface area contributed by atoms with Gasteiger partial charge in [0.05, 0.1) is 12.2 Å². The lowest BCUT2D eigenvalue weighted by Gasteiger charge is -2.18. The third-order valence-corrected chi connectivity index (χ3v) is 5.16. The fourth-order valence-electron chi connectivity index (χ4n) is 3.53. The first-order chi connectivity index (χ1) is 14.2. The van der Waals surface area contributed by atoms with Crippen molar-refractivity contribution in [2.24, 2.45) is 0 Å². The first-order valence-electron chi connectivity index (χ1n) is 11.1. The van der Waals surface area contributed by atoms with Gasteiger partial charge >= 0.3 is 5.97 Å². The summed E-state index contributed by atoms with van der Waals surface area (Å²) < 4.78 is 6.23. The molecule has 4 nitrogen and oxygen atoms in total. The molecule has 158 valence electrons. The number of aromatic carboxylic acids is 1. The lowest BCUT2D eigenvalue weighted by atomic mass is 9.97. The van der Waals surface area contributed by atoms with Crippen LogP contribution in [0.3, 0.4) is 0 Å². The van der Waals surface area contributed by atoms with Crippen LogP contribution >= 0.6 is 0 Å². The van der Waals surface area contributed by atoms with Crippen LogP contribution in [0.4, 0.5) is 0 Å². The molecule has 0 saturated carbocycles. The van der Waals surface area contributed by atoms with Crippen LogP contribution in [0, 0.1) is 0 Å². The van der Waals surface area contributed by atoms with Crippen molar-refractivity contribution in [3.8, 4) is 16.9 Å². The second-order valence-electron chi connectivity index (χ2n) is 7.58. The summed E-state index contributed by atoms with van der Waals surface area (Å²) in [5.41, 5.74) is 2.53. The normalized spacial score (nSPS) is 10.8. The van der Waals surface area contributed by atoms with Crippen molar-refractivity contribution in [3.63, 3.8) is 0 Å². The third kappa shape index (κ3) is 7.19. The van der Waals surface area contributed by atoms with Crippen LogP contribution in [0.25, 0.3) is 11.1 Å². The molecule has 1 aromatic heterocycles. The molecule has 1 N–H and O–H groups in total. The summed E-state index contributed by atoms with van der Waals surface area (Å²) in [5, 5.41) is 9.74. The van der Waals surface area contributed by atoms with Crippen LogP contribution < -0.4 is 4.74 Å². The fourth-order valence-corrected chi connectivity index (χ4v) is 3.53. The van der Waals surface area contributed by atoms with Crippen molar-refractivity contribution in [1.29, 1.82) is 0 Å². The summed E-state index contributed by atoms with van der Waals surface area (Å²) in [6.07, 6.45) is 13.0. The number of aryl methyl sites for hydroxylation is 1. The number of nitrogens with zero attached hydrogens (tertiary/aromatic N) is 1. The highest BCUT2D eigenvalue weighted by Gasteiger charge is 2.22. The zero-order chi connectivity index (χ0) is 20.9. The Labute approximate surface area is 175 Å². The van der Waals surface area contributed by atoms with Crippen LogP contribution in [0.15, 0.2) is 36.5 Å². The molecule has 0 fully saturated rings. The number of rotatable bonds is 14. The number of hydrogen-bond acceptors (Lipinski definition) is 3. The van der Waals surface area contributed by atoms with Gasteiger partial charge in [-0.15, -0.1) is 0 Å². The summed E-state index contributed by atoms with van der Waals surface area (Å²) in [5.74, 6) is -0.315. The molecular formula is C25H35NO3. The second kappa shape index (κ2) is 13.0. The van der Waals surface area contributed by atoms with Crippen LogP contribution in [-0.4, -0.2) is 22.7 Å². The number of pyridine rings is 1. The summed E-state index contributed by atoms with van der Waals surface area (Å²) in [6.45, 7) is 5.00. The summed E-state index contributed by atoms with van der Waals surface area (Å²) in [4.78, 5) is 16.2. The summed E-state index contributed by atoms with van der Waals surface area (Å²) >= 11 is 0. The molecule has 0 radical (unpaired) electrons. The predicted octanol–water partition coefficient (Wildman–Crippen LogP) is 6.92. The van der Waals surface area contributed by atoms with E-state index in [4.69, 9.17) is 4.74 Å². The summed E-state index contributed by atoms with van der Waals surface area (Å²) in [6, 6.07) is 9.63. The second-order valence-corrected chi connectivity index (χ2v) is 7.58. The van der Waals surface area contributed by atoms with E-state index in [1.54, 1.807) is 6.20 Å². The van der Waals surface area contributed by atoms with Crippen molar-refractivity contribution < 1.29 is 14.6 Å². The van der Waals surface area contributed by atoms with E-state index in [2.05, 4.69) is 18.8 Å². The van der Waals surface area contributed by atoms with Crippen molar-refractivity contribution in [3.05, 3.63) is 47.8 Å². The molecule has 1 aromatic carbocycles. The molecular weight excluding hydrogens is 362 g/mol. The van der Waals surface area contributed by atoms with Crippen molar-refractivity contribution >= 4 is 5.97 Å². The quantitative estimate of drug-likeness (QED) is 0.352. The molecule has 2 rings (SSSR count). The number of carboxylic acid groups (broad SMARTS) is 1. The molecule has 0 aliphatic heterocycles. The van der Waals surface area contributed by atoms with Crippen molar-refractivity contribution in [1.82, 2.24) is 4.98 Å². The van der Waals surface area contributed by atoms with Gasteiger partial charge in [-0.25, -0.2) is 9.78 Å². The Morgan fingerprint density at radius 2 is 1.59 bits per heavy atom. The van der Waals surface area contributed by atoms with E-state index >= 15 is 0 Å². The molecule has 29 heavy (non-hydrogen) atoms. The molecule has 0 aliphatic rings. The number of benzene rings is 1. The first kappa shape index (κ1) is 22.9. The Hall–Kier alpha value is -2.36. The van der Waals surface area contributed by atoms with Gasteiger partial charge in [-0.1, -0.05) is 89.1 Å². The Balaban J connectivity index is 2.32. The Morgan fingerprint density at radius 1 is 0.931 bits per heavy atom. The van der Waals surface area contributed by atoms with Gasteiger partial charge in [0.15, 0.2) is 5.69 Å². The maximum absolute atomic E-state index is 11.9. The highest BCUT2D eigenvalue weighted by atomic mass is 16.5. The van der Waals surface area contributed by atoms with Crippen molar-refractivity contribution in [2.45, 2.75) is 78.1 Å². The first-order valence-corrected chi connectivity index (χ1v) is 11.1. The minimum Gasteiger partial charge on any atom is -0.493 e. The van der Waals surface area contributed by atoms with Gasteiger partial charge < -0.3 is 9.84 Å². The van der Waals surface area contributed by atoms with Gasteiger partial charge in [0.25, 0.3) is 0 Å². The van der Waals surface area contributed by atoms with E-state index in [0.29, 0.717) is 17.9 Å². The average Bonchev–Trinajstić information content (AvgIpc) is 2.74. The minimum absolute atomic E-state index is 0.0643. The zero-order valence-corrected chi connectivity index (χ0v) is 18.0. The highest BCUT2D eigenvalue weighted by Crippen LogP contribution is 2.36. The van der Waals surface area contributed by atoms with Gasteiger partial charge in [0.1, 0.15) is 5.75 Å². The van der Waals surface area contributed by atoms with Gasteiger partial charge in [-0.3, -0.25) is 0 Å². The van der Waals surface area contributed by atoms with Gasteiger partial charge in [0, 0.05) is 11.8 Å². The number of aromatic nitrogens is 1. The van der Waals surface area contributed by atoms with E-state index in [-0.39, 0.29) is 5.69 Å². The molecule has 2 aromatic rings. The van der Waals surface area contributed by atoms with Crippen LogP contribution in [0.1, 0.15) is 87.7 Å². The number of carbonyl (C=O) groups is 1. The van der Waals surface area contributed by atoms with E-state index in [1.807, 2.05) is 30.3 Å². The molecule has 0 amide bonds. The Bertz CT molecular complexity index is 743. The number of ether oxygens (including phenoxy) is 1. The lowest BCUT2D eigenvalue weighted by Crippen LogP contribution is -2.10. The molecule has 0 atom stereocenters. The zero-order valence-electron chi connectivity index (χ0n) is 18.0. The fraction of sp³-hybridized carbons (Fsp3) is 0.520. The maximum atomic E-state index is 11.9. The summed E-state index contributed by atoms with van der Waals surface area (Å²) in [7, 11) is 0. The van der Waals surface area contributed by atoms with Gasteiger partial charge in [0.2, 0.25) is 0 Å². The maximum Gasteiger partial charge on any atom is 0.355 e. The molecule has 0 aliphatic carbocycles. The van der Waals surface area contributed by atoms with Crippen LogP contribution in [-0.2, 0) is 6.42 Å². The van der Waals surface area contributed by atoms with Gasteiger partial charge in [-0.2, -0.15) is 0 Å². The van der Waals surface area contributed by atoms with E-state index in [0.717, 1.165) is 36.8 Å². The molecule has 0 saturated heterocycles. The Kier molecular flexibility index (Phi) is 10.3. The molecule has 4 heteroatoms.